The number of nitrogens with zero attached hydrogens (tertiary/aromatic N) is 1. The van der Waals surface area contributed by atoms with Gasteiger partial charge < -0.3 is 15.2 Å². The third-order valence-electron chi connectivity index (χ3n) is 4.53. The van der Waals surface area contributed by atoms with Crippen molar-refractivity contribution in [3.05, 3.63) is 75.7 Å². The van der Waals surface area contributed by atoms with Crippen LogP contribution in [0.5, 0.6) is 17.4 Å². The first-order valence-electron chi connectivity index (χ1n) is 10.3. The lowest BCUT2D eigenvalue weighted by Gasteiger charge is -2.17. The third kappa shape index (κ3) is 6.61. The van der Waals surface area contributed by atoms with Crippen molar-refractivity contribution in [2.45, 2.75) is 25.3 Å². The number of halogens is 3. The van der Waals surface area contributed by atoms with E-state index in [1.54, 1.807) is 30.3 Å². The molecule has 186 valence electrons. The van der Waals surface area contributed by atoms with Crippen LogP contribution in [-0.2, 0) is 16.6 Å². The van der Waals surface area contributed by atoms with Crippen LogP contribution < -0.4 is 19.9 Å². The van der Waals surface area contributed by atoms with E-state index in [4.69, 9.17) is 38.4 Å². The van der Waals surface area contributed by atoms with Crippen LogP contribution in [0.15, 0.2) is 53.6 Å². The molecule has 2 aromatic carbocycles. The van der Waals surface area contributed by atoms with Gasteiger partial charge in [0.05, 0.1) is 23.4 Å². The summed E-state index contributed by atoms with van der Waals surface area (Å²) in [5.41, 5.74) is 5.12. The quantitative estimate of drug-likeness (QED) is 0.375. The monoisotopic (exact) mass is 541 g/mol. The minimum atomic E-state index is -4.58. The van der Waals surface area contributed by atoms with Gasteiger partial charge in [-0.1, -0.05) is 67.4 Å². The molecule has 0 radical (unpaired) electrons. The maximum atomic E-state index is 15.3. The van der Waals surface area contributed by atoms with Gasteiger partial charge >= 0.3 is 0 Å². The van der Waals surface area contributed by atoms with Crippen molar-refractivity contribution in [2.75, 3.05) is 6.61 Å². The zero-order chi connectivity index (χ0) is 25.8. The van der Waals surface area contributed by atoms with Crippen molar-refractivity contribution in [2.24, 2.45) is 11.7 Å². The van der Waals surface area contributed by atoms with E-state index in [1.807, 2.05) is 13.8 Å². The van der Waals surface area contributed by atoms with Gasteiger partial charge in [-0.25, -0.2) is 22.5 Å². The van der Waals surface area contributed by atoms with E-state index >= 15 is 4.39 Å². The second kappa shape index (κ2) is 11.2. The molecule has 35 heavy (non-hydrogen) atoms. The van der Waals surface area contributed by atoms with E-state index in [9.17, 15) is 13.2 Å². The summed E-state index contributed by atoms with van der Waals surface area (Å²) in [6, 6.07) is 10.8. The van der Waals surface area contributed by atoms with E-state index < -0.39 is 38.0 Å². The van der Waals surface area contributed by atoms with Crippen molar-refractivity contribution in [3.63, 3.8) is 0 Å². The van der Waals surface area contributed by atoms with E-state index in [1.165, 1.54) is 12.3 Å². The summed E-state index contributed by atoms with van der Waals surface area (Å²) in [6.45, 7) is 4.11. The Morgan fingerprint density at radius 3 is 2.46 bits per heavy atom. The Labute approximate surface area is 212 Å². The number of carbonyl (C=O) groups is 1. The largest absolute Gasteiger partial charge is 0.476 e. The molecule has 0 fully saturated rings. The number of ether oxygens (including phenoxy) is 2. The van der Waals surface area contributed by atoms with Crippen LogP contribution in [0.25, 0.3) is 0 Å². The lowest BCUT2D eigenvalue weighted by Crippen LogP contribution is -2.26. The number of sulfonamides is 1. The molecular formula is C23H22Cl2FN3O5S. The van der Waals surface area contributed by atoms with E-state index in [-0.39, 0.29) is 34.1 Å². The molecule has 1 aromatic heterocycles. The Morgan fingerprint density at radius 2 is 1.86 bits per heavy atom. The van der Waals surface area contributed by atoms with Gasteiger partial charge in [-0.15, -0.1) is 0 Å². The summed E-state index contributed by atoms with van der Waals surface area (Å²) < 4.78 is 54.9. The number of pyridine rings is 1. The van der Waals surface area contributed by atoms with Crippen molar-refractivity contribution < 1.29 is 27.1 Å². The van der Waals surface area contributed by atoms with E-state index in [2.05, 4.69) is 9.71 Å². The van der Waals surface area contributed by atoms with E-state index in [0.29, 0.717) is 12.2 Å². The first kappa shape index (κ1) is 26.7. The summed E-state index contributed by atoms with van der Waals surface area (Å²) in [6.07, 6.45) is 1.21. The fourth-order valence-electron chi connectivity index (χ4n) is 2.88. The second-order valence-corrected chi connectivity index (χ2v) is 10.3. The number of amides is 1. The highest BCUT2D eigenvalue weighted by molar-refractivity contribution is 7.89. The number of nitrogens with one attached hydrogen (secondary N) is 1. The Balaban J connectivity index is 2.02. The number of carbonyl (C=O) groups excluding carboxylic acids is 1. The summed E-state index contributed by atoms with van der Waals surface area (Å²) in [5, 5.41) is -0.281. The molecule has 0 unspecified atom stereocenters. The van der Waals surface area contributed by atoms with Gasteiger partial charge in [0.15, 0.2) is 16.5 Å². The molecule has 3 N–H and O–H groups in total. The minimum absolute atomic E-state index is 0.0421. The van der Waals surface area contributed by atoms with E-state index in [0.717, 1.165) is 6.07 Å². The molecule has 0 spiro atoms. The molecule has 3 rings (SSSR count). The standard InChI is InChI=1S/C23H22Cl2FN3O5S/c1-13(2)12-33-23-18(25)8-15(11-28-23)34-20-17(24)9-16(22(27)30)19(26)21(20)35(31,32)29-10-14-6-4-3-5-7-14/h3-9,11,13,29H,10,12H2,1-2H3,(H2,27,30). The van der Waals surface area contributed by atoms with Crippen LogP contribution in [0, 0.1) is 11.7 Å². The number of rotatable bonds is 10. The smallest absolute Gasteiger partial charge is 0.251 e. The molecule has 0 bridgehead atoms. The van der Waals surface area contributed by atoms with Crippen LogP contribution in [0.4, 0.5) is 4.39 Å². The molecule has 0 aliphatic rings. The zero-order valence-electron chi connectivity index (χ0n) is 18.7. The van der Waals surface area contributed by atoms with Crippen LogP contribution in [0.3, 0.4) is 0 Å². The minimum Gasteiger partial charge on any atom is -0.476 e. The molecule has 1 heterocycles. The second-order valence-electron chi connectivity index (χ2n) is 7.82. The Morgan fingerprint density at radius 1 is 1.17 bits per heavy atom. The van der Waals surface area contributed by atoms with Crippen LogP contribution in [0.2, 0.25) is 10.0 Å². The summed E-state index contributed by atoms with van der Waals surface area (Å²) >= 11 is 12.4. The first-order valence-corrected chi connectivity index (χ1v) is 12.5. The maximum Gasteiger partial charge on any atom is 0.251 e. The van der Waals surface area contributed by atoms with Crippen LogP contribution >= 0.6 is 23.2 Å². The molecule has 1 amide bonds. The van der Waals surface area contributed by atoms with Gasteiger partial charge in [0.1, 0.15) is 10.8 Å². The number of hydrogen-bond acceptors (Lipinski definition) is 6. The van der Waals surface area contributed by atoms with Gasteiger partial charge in [0.25, 0.3) is 5.91 Å². The number of benzene rings is 2. The van der Waals surface area contributed by atoms with Gasteiger partial charge in [-0.3, -0.25) is 4.79 Å². The summed E-state index contributed by atoms with van der Waals surface area (Å²) in [7, 11) is -4.58. The Hall–Kier alpha value is -2.92. The lowest BCUT2D eigenvalue weighted by atomic mass is 10.2. The predicted molar refractivity (Wildman–Crippen MR) is 130 cm³/mol. The highest BCUT2D eigenvalue weighted by Crippen LogP contribution is 2.40. The molecule has 0 atom stereocenters. The SMILES string of the molecule is CC(C)COc1ncc(Oc2c(Cl)cc(C(N)=O)c(F)c2S(=O)(=O)NCc2ccccc2)cc1Cl. The highest BCUT2D eigenvalue weighted by Gasteiger charge is 2.31. The average Bonchev–Trinajstić information content (AvgIpc) is 2.79. The zero-order valence-corrected chi connectivity index (χ0v) is 21.0. The normalized spacial score (nSPS) is 11.5. The fourth-order valence-corrected chi connectivity index (χ4v) is 4.63. The fraction of sp³-hybridized carbons (Fsp3) is 0.217. The Kier molecular flexibility index (Phi) is 8.55. The molecule has 0 saturated carbocycles. The first-order chi connectivity index (χ1) is 16.5. The van der Waals surface area contributed by atoms with Crippen molar-refractivity contribution in [3.8, 4) is 17.4 Å². The highest BCUT2D eigenvalue weighted by atomic mass is 35.5. The molecule has 0 aliphatic carbocycles. The molecular weight excluding hydrogens is 520 g/mol. The van der Waals surface area contributed by atoms with Gasteiger partial charge in [0, 0.05) is 12.6 Å². The average molecular weight is 542 g/mol. The van der Waals surface area contributed by atoms with Gasteiger partial charge in [0.2, 0.25) is 15.9 Å². The Bertz CT molecular complexity index is 1340. The van der Waals surface area contributed by atoms with Gasteiger partial charge in [-0.05, 0) is 17.5 Å². The van der Waals surface area contributed by atoms with Crippen LogP contribution in [-0.4, -0.2) is 25.9 Å². The number of aromatic nitrogens is 1. The number of hydrogen-bond donors (Lipinski definition) is 2. The topological polar surface area (TPSA) is 121 Å². The maximum absolute atomic E-state index is 15.3. The van der Waals surface area contributed by atoms with Crippen molar-refractivity contribution in [1.82, 2.24) is 9.71 Å². The molecule has 0 saturated heterocycles. The van der Waals surface area contributed by atoms with Gasteiger partial charge in [-0.2, -0.15) is 0 Å². The molecule has 12 heteroatoms. The number of nitrogens with two attached hydrogens (primary N) is 1. The summed E-state index contributed by atoms with van der Waals surface area (Å²) in [5.74, 6) is -2.85. The lowest BCUT2D eigenvalue weighted by molar-refractivity contribution is 0.0996. The van der Waals surface area contributed by atoms with Crippen LogP contribution in [0.1, 0.15) is 29.8 Å². The molecule has 8 nitrogen and oxygen atoms in total. The number of primary amides is 1. The molecule has 3 aromatic rings. The van der Waals surface area contributed by atoms with Crippen molar-refractivity contribution in [1.29, 1.82) is 0 Å². The van der Waals surface area contributed by atoms with Crippen molar-refractivity contribution >= 4 is 39.1 Å². The summed E-state index contributed by atoms with van der Waals surface area (Å²) in [4.78, 5) is 14.8. The predicted octanol–water partition coefficient (Wildman–Crippen LogP) is 4.93. The third-order valence-corrected chi connectivity index (χ3v) is 6.51. The molecule has 0 aliphatic heterocycles.